The van der Waals surface area contributed by atoms with Crippen molar-refractivity contribution >= 4 is 11.3 Å². The zero-order valence-corrected chi connectivity index (χ0v) is 11.3. The molecule has 0 fully saturated rings. The van der Waals surface area contributed by atoms with Gasteiger partial charge in [0.05, 0.1) is 6.10 Å². The molecule has 2 nitrogen and oxygen atoms in total. The van der Waals surface area contributed by atoms with Gasteiger partial charge in [0.15, 0.2) is 0 Å². The van der Waals surface area contributed by atoms with Gasteiger partial charge in [-0.2, -0.15) is 11.3 Å². The largest absolute Gasteiger partial charge is 0.378 e. The maximum absolute atomic E-state index is 5.70. The summed E-state index contributed by atoms with van der Waals surface area (Å²) in [6, 6.07) is 2.17. The third-order valence-corrected chi connectivity index (χ3v) is 3.37. The Kier molecular flexibility index (Phi) is 6.69. The molecule has 1 heterocycles. The van der Waals surface area contributed by atoms with Crippen LogP contribution in [0.5, 0.6) is 0 Å². The molecule has 16 heavy (non-hydrogen) atoms. The van der Waals surface area contributed by atoms with Crippen LogP contribution in [-0.4, -0.2) is 19.3 Å². The Morgan fingerprint density at radius 1 is 1.44 bits per heavy atom. The summed E-state index contributed by atoms with van der Waals surface area (Å²) in [5, 5.41) is 7.77. The molecule has 0 saturated carbocycles. The number of hydrogen-bond acceptors (Lipinski definition) is 3. The summed E-state index contributed by atoms with van der Waals surface area (Å²) in [5.41, 5.74) is 1.38. The number of hydrogen-bond donors (Lipinski definition) is 1. The minimum Gasteiger partial charge on any atom is -0.378 e. The molecule has 0 amide bonds. The first kappa shape index (κ1) is 13.7. The van der Waals surface area contributed by atoms with E-state index >= 15 is 0 Å². The van der Waals surface area contributed by atoms with Crippen LogP contribution in [0.15, 0.2) is 16.8 Å². The zero-order valence-electron chi connectivity index (χ0n) is 10.5. The normalized spacial score (nSPS) is 13.2. The molecule has 1 atom stereocenters. The summed E-state index contributed by atoms with van der Waals surface area (Å²) in [6.07, 6.45) is 1.48. The van der Waals surface area contributed by atoms with Crippen LogP contribution < -0.4 is 5.32 Å². The van der Waals surface area contributed by atoms with Gasteiger partial charge in [0, 0.05) is 13.2 Å². The number of thiophene rings is 1. The van der Waals surface area contributed by atoms with Crippen molar-refractivity contribution in [2.75, 3.05) is 13.2 Å². The standard InChI is InChI=1S/C13H23NOS/c1-4-15-13(11(2)3)5-7-14-9-12-6-8-16-10-12/h6,8,10-11,13-14H,4-5,7,9H2,1-3H3. The van der Waals surface area contributed by atoms with Gasteiger partial charge >= 0.3 is 0 Å². The maximum Gasteiger partial charge on any atom is 0.0609 e. The molecule has 1 N–H and O–H groups in total. The van der Waals surface area contributed by atoms with Crippen LogP contribution in [0, 0.1) is 5.92 Å². The molecule has 0 aliphatic heterocycles. The predicted octanol–water partition coefficient (Wildman–Crippen LogP) is 3.29. The molecule has 0 aliphatic rings. The lowest BCUT2D eigenvalue weighted by molar-refractivity contribution is 0.0250. The highest BCUT2D eigenvalue weighted by molar-refractivity contribution is 7.07. The van der Waals surface area contributed by atoms with Gasteiger partial charge in [-0.1, -0.05) is 13.8 Å². The third kappa shape index (κ3) is 5.10. The predicted molar refractivity (Wildman–Crippen MR) is 70.9 cm³/mol. The minimum atomic E-state index is 0.389. The first-order valence-electron chi connectivity index (χ1n) is 6.07. The lowest BCUT2D eigenvalue weighted by atomic mass is 10.0. The van der Waals surface area contributed by atoms with E-state index in [0.717, 1.165) is 26.1 Å². The summed E-state index contributed by atoms with van der Waals surface area (Å²) in [4.78, 5) is 0. The fourth-order valence-electron chi connectivity index (χ4n) is 1.69. The van der Waals surface area contributed by atoms with Gasteiger partial charge in [0.2, 0.25) is 0 Å². The van der Waals surface area contributed by atoms with Gasteiger partial charge in [-0.05, 0) is 48.2 Å². The Labute approximate surface area is 103 Å². The molecule has 0 radical (unpaired) electrons. The van der Waals surface area contributed by atoms with Crippen LogP contribution in [-0.2, 0) is 11.3 Å². The van der Waals surface area contributed by atoms with E-state index in [2.05, 4.69) is 42.9 Å². The molecule has 0 saturated heterocycles. The van der Waals surface area contributed by atoms with E-state index in [9.17, 15) is 0 Å². The molecule has 0 bridgehead atoms. The van der Waals surface area contributed by atoms with E-state index in [0.29, 0.717) is 12.0 Å². The Morgan fingerprint density at radius 2 is 2.25 bits per heavy atom. The molecule has 1 aromatic rings. The summed E-state index contributed by atoms with van der Waals surface area (Å²) < 4.78 is 5.70. The zero-order chi connectivity index (χ0) is 11.8. The second-order valence-electron chi connectivity index (χ2n) is 4.33. The Hall–Kier alpha value is -0.380. The van der Waals surface area contributed by atoms with Crippen molar-refractivity contribution in [3.63, 3.8) is 0 Å². The highest BCUT2D eigenvalue weighted by Crippen LogP contribution is 2.10. The smallest absolute Gasteiger partial charge is 0.0609 e. The Morgan fingerprint density at radius 3 is 2.81 bits per heavy atom. The van der Waals surface area contributed by atoms with Crippen LogP contribution in [0.2, 0.25) is 0 Å². The highest BCUT2D eigenvalue weighted by Gasteiger charge is 2.12. The quantitative estimate of drug-likeness (QED) is 0.705. The SMILES string of the molecule is CCOC(CCNCc1ccsc1)C(C)C. The average Bonchev–Trinajstić information content (AvgIpc) is 2.75. The summed E-state index contributed by atoms with van der Waals surface area (Å²) in [6.45, 7) is 9.32. The molecular weight excluding hydrogens is 218 g/mol. The fourth-order valence-corrected chi connectivity index (χ4v) is 2.36. The van der Waals surface area contributed by atoms with Gasteiger partial charge in [-0.3, -0.25) is 0 Å². The van der Waals surface area contributed by atoms with Crippen LogP contribution in [0.1, 0.15) is 32.8 Å². The molecule has 92 valence electrons. The van der Waals surface area contributed by atoms with Crippen LogP contribution in [0.3, 0.4) is 0 Å². The molecule has 1 aromatic heterocycles. The van der Waals surface area contributed by atoms with Crippen molar-refractivity contribution in [1.82, 2.24) is 5.32 Å². The second-order valence-corrected chi connectivity index (χ2v) is 5.11. The van der Waals surface area contributed by atoms with Gasteiger partial charge in [-0.25, -0.2) is 0 Å². The van der Waals surface area contributed by atoms with E-state index in [4.69, 9.17) is 4.74 Å². The van der Waals surface area contributed by atoms with Gasteiger partial charge in [0.1, 0.15) is 0 Å². The van der Waals surface area contributed by atoms with Gasteiger partial charge < -0.3 is 10.1 Å². The van der Waals surface area contributed by atoms with Crippen molar-refractivity contribution in [2.45, 2.75) is 39.8 Å². The van der Waals surface area contributed by atoms with Crippen LogP contribution in [0.4, 0.5) is 0 Å². The maximum atomic E-state index is 5.70. The van der Waals surface area contributed by atoms with E-state index < -0.39 is 0 Å². The topological polar surface area (TPSA) is 21.3 Å². The molecular formula is C13H23NOS. The number of nitrogens with one attached hydrogen (secondary N) is 1. The summed E-state index contributed by atoms with van der Waals surface area (Å²) in [7, 11) is 0. The molecule has 1 rings (SSSR count). The molecule has 3 heteroatoms. The van der Waals surface area contributed by atoms with E-state index in [1.807, 2.05) is 0 Å². The van der Waals surface area contributed by atoms with Gasteiger partial charge in [0.25, 0.3) is 0 Å². The molecule has 0 aliphatic carbocycles. The highest BCUT2D eigenvalue weighted by atomic mass is 32.1. The Balaban J connectivity index is 2.13. The van der Waals surface area contributed by atoms with Crippen molar-refractivity contribution in [2.24, 2.45) is 5.92 Å². The van der Waals surface area contributed by atoms with Crippen molar-refractivity contribution in [3.05, 3.63) is 22.4 Å². The minimum absolute atomic E-state index is 0.389. The molecule has 1 unspecified atom stereocenters. The average molecular weight is 241 g/mol. The molecule has 0 spiro atoms. The lowest BCUT2D eigenvalue weighted by Crippen LogP contribution is -2.26. The van der Waals surface area contributed by atoms with Crippen LogP contribution >= 0.6 is 11.3 Å². The number of ether oxygens (including phenoxy) is 1. The van der Waals surface area contributed by atoms with Crippen LogP contribution in [0.25, 0.3) is 0 Å². The van der Waals surface area contributed by atoms with E-state index in [-0.39, 0.29) is 0 Å². The van der Waals surface area contributed by atoms with Crippen molar-refractivity contribution < 1.29 is 4.74 Å². The first-order chi connectivity index (χ1) is 7.74. The Bertz CT molecular complexity index is 259. The van der Waals surface area contributed by atoms with Crippen molar-refractivity contribution in [1.29, 1.82) is 0 Å². The summed E-state index contributed by atoms with van der Waals surface area (Å²) in [5.74, 6) is 0.600. The van der Waals surface area contributed by atoms with E-state index in [1.165, 1.54) is 5.56 Å². The third-order valence-electron chi connectivity index (χ3n) is 2.64. The molecule has 0 aromatic carbocycles. The fraction of sp³-hybridized carbons (Fsp3) is 0.692. The first-order valence-corrected chi connectivity index (χ1v) is 7.01. The lowest BCUT2D eigenvalue weighted by Gasteiger charge is -2.20. The number of rotatable bonds is 8. The van der Waals surface area contributed by atoms with Crippen molar-refractivity contribution in [3.8, 4) is 0 Å². The van der Waals surface area contributed by atoms with E-state index in [1.54, 1.807) is 11.3 Å². The summed E-state index contributed by atoms with van der Waals surface area (Å²) >= 11 is 1.75. The second kappa shape index (κ2) is 7.82. The van der Waals surface area contributed by atoms with Gasteiger partial charge in [-0.15, -0.1) is 0 Å². The monoisotopic (exact) mass is 241 g/mol.